The lowest BCUT2D eigenvalue weighted by atomic mass is 9.76. The van der Waals surface area contributed by atoms with E-state index >= 15 is 0 Å². The molecule has 0 aromatic carbocycles. The van der Waals surface area contributed by atoms with Gasteiger partial charge in [-0.15, -0.1) is 0 Å². The van der Waals surface area contributed by atoms with E-state index in [0.29, 0.717) is 30.2 Å². The van der Waals surface area contributed by atoms with E-state index in [9.17, 15) is 9.59 Å². The van der Waals surface area contributed by atoms with Gasteiger partial charge in [0.25, 0.3) is 0 Å². The summed E-state index contributed by atoms with van der Waals surface area (Å²) in [5.74, 6) is 2.25. The lowest BCUT2D eigenvalue weighted by Crippen LogP contribution is -2.51. The van der Waals surface area contributed by atoms with Crippen LogP contribution >= 0.6 is 0 Å². The molecule has 4 aliphatic rings. The second-order valence-electron chi connectivity index (χ2n) is 8.89. The zero-order chi connectivity index (χ0) is 16.7. The van der Waals surface area contributed by atoms with E-state index < -0.39 is 0 Å². The summed E-state index contributed by atoms with van der Waals surface area (Å²) in [4.78, 5) is 27.3. The third-order valence-electron chi connectivity index (χ3n) is 7.63. The van der Waals surface area contributed by atoms with E-state index in [0.717, 1.165) is 31.7 Å². The van der Waals surface area contributed by atoms with Crippen molar-refractivity contribution in [3.05, 3.63) is 0 Å². The van der Waals surface area contributed by atoms with Crippen LogP contribution in [-0.2, 0) is 9.59 Å². The van der Waals surface area contributed by atoms with Crippen molar-refractivity contribution in [3.8, 4) is 0 Å². The molecule has 3 aliphatic carbocycles. The summed E-state index contributed by atoms with van der Waals surface area (Å²) in [5.41, 5.74) is 5.75. The maximum Gasteiger partial charge on any atom is 0.223 e. The van der Waals surface area contributed by atoms with E-state index in [-0.39, 0.29) is 17.7 Å². The minimum absolute atomic E-state index is 0.207. The molecule has 0 aromatic rings. The molecule has 0 radical (unpaired) electrons. The molecule has 2 N–H and O–H groups in total. The molecule has 2 amide bonds. The van der Waals surface area contributed by atoms with Crippen molar-refractivity contribution in [3.63, 3.8) is 0 Å². The molecule has 6 unspecified atom stereocenters. The average Bonchev–Trinajstić information content (AvgIpc) is 3.21. The predicted octanol–water partition coefficient (Wildman–Crippen LogP) is 3.10. The first kappa shape index (κ1) is 16.4. The average molecular weight is 332 g/mol. The third kappa shape index (κ3) is 2.97. The summed E-state index contributed by atoms with van der Waals surface area (Å²) in [6, 6.07) is 0.438. The SMILES string of the molecule is NC(=O)C(CC(=O)N1CCCC2CCCCC21)C1CC2CCC1C2. The van der Waals surface area contributed by atoms with E-state index in [1.807, 2.05) is 0 Å². The molecule has 0 spiro atoms. The number of carbonyl (C=O) groups excluding carboxylic acids is 2. The number of hydrogen-bond donors (Lipinski definition) is 1. The number of nitrogens with zero attached hydrogens (tertiary/aromatic N) is 1. The van der Waals surface area contributed by atoms with Gasteiger partial charge in [-0.2, -0.15) is 0 Å². The Labute approximate surface area is 145 Å². The highest BCUT2D eigenvalue weighted by atomic mass is 16.2. The summed E-state index contributed by atoms with van der Waals surface area (Å²) in [7, 11) is 0. The molecule has 1 aliphatic heterocycles. The topological polar surface area (TPSA) is 63.4 Å². The van der Waals surface area contributed by atoms with Crippen molar-refractivity contribution in [1.29, 1.82) is 0 Å². The van der Waals surface area contributed by atoms with Crippen molar-refractivity contribution in [2.45, 2.75) is 76.7 Å². The molecule has 134 valence electrons. The maximum atomic E-state index is 13.0. The number of nitrogens with two attached hydrogens (primary N) is 1. The van der Waals surface area contributed by atoms with Gasteiger partial charge in [0.15, 0.2) is 0 Å². The van der Waals surface area contributed by atoms with Gasteiger partial charge in [-0.05, 0) is 68.6 Å². The Hall–Kier alpha value is -1.06. The van der Waals surface area contributed by atoms with Crippen LogP contribution in [-0.4, -0.2) is 29.3 Å². The fourth-order valence-corrected chi connectivity index (χ4v) is 6.49. The van der Waals surface area contributed by atoms with Crippen molar-refractivity contribution in [1.82, 2.24) is 4.90 Å². The normalized spacial score (nSPS) is 39.5. The molecular weight excluding hydrogens is 300 g/mol. The smallest absolute Gasteiger partial charge is 0.223 e. The molecular formula is C20H32N2O2. The van der Waals surface area contributed by atoms with Crippen LogP contribution in [0.3, 0.4) is 0 Å². The molecule has 4 nitrogen and oxygen atoms in total. The number of fused-ring (bicyclic) bond motifs is 3. The lowest BCUT2D eigenvalue weighted by Gasteiger charge is -2.44. The summed E-state index contributed by atoms with van der Waals surface area (Å²) in [6.45, 7) is 0.891. The van der Waals surface area contributed by atoms with Crippen molar-refractivity contribution in [2.75, 3.05) is 6.54 Å². The quantitative estimate of drug-likeness (QED) is 0.860. The second kappa shape index (κ2) is 6.68. The van der Waals surface area contributed by atoms with Gasteiger partial charge in [0.2, 0.25) is 11.8 Å². The van der Waals surface area contributed by atoms with Crippen LogP contribution in [0, 0.1) is 29.6 Å². The number of likely N-dealkylation sites (tertiary alicyclic amines) is 1. The van der Waals surface area contributed by atoms with Gasteiger partial charge in [0.05, 0.1) is 0 Å². The monoisotopic (exact) mass is 332 g/mol. The molecule has 4 fully saturated rings. The van der Waals surface area contributed by atoms with Gasteiger partial charge in [0, 0.05) is 24.9 Å². The first-order chi connectivity index (χ1) is 11.6. The number of carbonyl (C=O) groups is 2. The summed E-state index contributed by atoms with van der Waals surface area (Å²) in [5, 5.41) is 0. The third-order valence-corrected chi connectivity index (χ3v) is 7.63. The molecule has 1 heterocycles. The van der Waals surface area contributed by atoms with Gasteiger partial charge in [-0.25, -0.2) is 0 Å². The Morgan fingerprint density at radius 2 is 1.75 bits per heavy atom. The van der Waals surface area contributed by atoms with Crippen LogP contribution in [0.25, 0.3) is 0 Å². The van der Waals surface area contributed by atoms with Gasteiger partial charge < -0.3 is 10.6 Å². The number of hydrogen-bond acceptors (Lipinski definition) is 2. The van der Waals surface area contributed by atoms with Gasteiger partial charge in [-0.3, -0.25) is 9.59 Å². The summed E-state index contributed by atoms with van der Waals surface area (Å²) < 4.78 is 0. The zero-order valence-corrected chi connectivity index (χ0v) is 14.8. The standard InChI is InChI=1S/C20H32N2O2/c21-20(24)17(16-11-13-7-8-15(16)10-13)12-19(23)22-9-3-5-14-4-1-2-6-18(14)22/h13-18H,1-12H2,(H2,21,24). The molecule has 3 saturated carbocycles. The van der Waals surface area contributed by atoms with Crippen LogP contribution in [0.1, 0.15) is 70.6 Å². The fraction of sp³-hybridized carbons (Fsp3) is 0.900. The Morgan fingerprint density at radius 1 is 0.958 bits per heavy atom. The van der Waals surface area contributed by atoms with Crippen LogP contribution in [0.5, 0.6) is 0 Å². The molecule has 24 heavy (non-hydrogen) atoms. The van der Waals surface area contributed by atoms with E-state index in [4.69, 9.17) is 5.73 Å². The van der Waals surface area contributed by atoms with Crippen LogP contribution in [0.15, 0.2) is 0 Å². The van der Waals surface area contributed by atoms with Gasteiger partial charge >= 0.3 is 0 Å². The second-order valence-corrected chi connectivity index (χ2v) is 8.89. The van der Waals surface area contributed by atoms with Crippen LogP contribution in [0.2, 0.25) is 0 Å². The number of amides is 2. The Kier molecular flexibility index (Phi) is 4.57. The minimum Gasteiger partial charge on any atom is -0.369 e. The van der Waals surface area contributed by atoms with Crippen molar-refractivity contribution in [2.24, 2.45) is 35.3 Å². The summed E-state index contributed by atoms with van der Waals surface area (Å²) in [6.07, 6.45) is 12.7. The van der Waals surface area contributed by atoms with Crippen LogP contribution < -0.4 is 5.73 Å². The highest BCUT2D eigenvalue weighted by molar-refractivity contribution is 5.85. The molecule has 6 atom stereocenters. The van der Waals surface area contributed by atoms with E-state index in [2.05, 4.69) is 4.90 Å². The predicted molar refractivity (Wildman–Crippen MR) is 92.9 cm³/mol. The molecule has 4 heteroatoms. The molecule has 1 saturated heterocycles. The first-order valence-electron chi connectivity index (χ1n) is 10.2. The largest absolute Gasteiger partial charge is 0.369 e. The van der Waals surface area contributed by atoms with Gasteiger partial charge in [-0.1, -0.05) is 19.3 Å². The van der Waals surface area contributed by atoms with Crippen molar-refractivity contribution < 1.29 is 9.59 Å². The van der Waals surface area contributed by atoms with Crippen LogP contribution in [0.4, 0.5) is 0 Å². The number of rotatable bonds is 4. The first-order valence-corrected chi connectivity index (χ1v) is 10.2. The Morgan fingerprint density at radius 3 is 2.46 bits per heavy atom. The minimum atomic E-state index is -0.238. The number of primary amides is 1. The Balaban J connectivity index is 1.44. The number of piperidine rings is 1. The fourth-order valence-electron chi connectivity index (χ4n) is 6.49. The zero-order valence-electron chi connectivity index (χ0n) is 14.8. The molecule has 0 aromatic heterocycles. The van der Waals surface area contributed by atoms with E-state index in [1.165, 1.54) is 44.9 Å². The summed E-state index contributed by atoms with van der Waals surface area (Å²) >= 11 is 0. The van der Waals surface area contributed by atoms with E-state index in [1.54, 1.807) is 0 Å². The van der Waals surface area contributed by atoms with Gasteiger partial charge in [0.1, 0.15) is 0 Å². The molecule has 2 bridgehead atoms. The van der Waals surface area contributed by atoms with Crippen molar-refractivity contribution >= 4 is 11.8 Å². The maximum absolute atomic E-state index is 13.0. The lowest BCUT2D eigenvalue weighted by molar-refractivity contribution is -0.142. The highest BCUT2D eigenvalue weighted by Gasteiger charge is 2.46. The Bertz CT molecular complexity index is 504. The molecule has 4 rings (SSSR count). The highest BCUT2D eigenvalue weighted by Crippen LogP contribution is 2.51.